The average Bonchev–Trinajstić information content (AvgIpc) is 2.51. The molecule has 0 N–H and O–H groups in total. The van der Waals surface area contributed by atoms with Crippen molar-refractivity contribution in [3.63, 3.8) is 0 Å². The summed E-state index contributed by atoms with van der Waals surface area (Å²) in [6.45, 7) is 16.8. The van der Waals surface area contributed by atoms with Gasteiger partial charge in [0.1, 0.15) is 0 Å². The van der Waals surface area contributed by atoms with E-state index in [0.29, 0.717) is 4.75 Å². The minimum Gasteiger partial charge on any atom is -0.229 e. The van der Waals surface area contributed by atoms with Crippen molar-refractivity contribution in [1.29, 1.82) is 0 Å². The molecule has 0 aromatic heterocycles. The fourth-order valence-electron chi connectivity index (χ4n) is 1.42. The third-order valence-corrected chi connectivity index (χ3v) is 9.96. The predicted molar refractivity (Wildman–Crippen MR) is 134 cm³/mol. The Morgan fingerprint density at radius 2 is 1.13 bits per heavy atom. The van der Waals surface area contributed by atoms with E-state index in [0.717, 1.165) is 5.75 Å². The van der Waals surface area contributed by atoms with Gasteiger partial charge in [-0.15, -0.1) is 0 Å². The van der Waals surface area contributed by atoms with Crippen molar-refractivity contribution in [3.8, 4) is 0 Å². The van der Waals surface area contributed by atoms with Gasteiger partial charge in [-0.25, -0.2) is 21.1 Å². The first-order valence-corrected chi connectivity index (χ1v) is 14.1. The van der Waals surface area contributed by atoms with E-state index in [9.17, 15) is 16.8 Å². The molecule has 1 rings (SSSR count). The minimum absolute atomic E-state index is 0.371. The maximum absolute atomic E-state index is 11.3. The molecule has 178 valence electrons. The topological polar surface area (TPSA) is 71.5 Å². The van der Waals surface area contributed by atoms with Gasteiger partial charge in [-0.2, -0.15) is 11.8 Å². The molecule has 0 atom stereocenters. The summed E-state index contributed by atoms with van der Waals surface area (Å²) >= 11 is 1.99. The Bertz CT molecular complexity index is 810. The first kappa shape index (κ1) is 31.6. The second-order valence-electron chi connectivity index (χ2n) is 10.2. The van der Waals surface area contributed by atoms with Crippen molar-refractivity contribution in [2.75, 3.05) is 20.4 Å². The quantitative estimate of drug-likeness (QED) is 0.591. The lowest BCUT2D eigenvalue weighted by molar-refractivity contribution is 0.487. The van der Waals surface area contributed by atoms with Crippen LogP contribution in [0.3, 0.4) is 0 Å². The maximum Gasteiger partial charge on any atom is 0.218 e. The Morgan fingerprint density at radius 3 is 1.33 bits per heavy atom. The summed E-state index contributed by atoms with van der Waals surface area (Å²) < 4.78 is 44.2. The van der Waals surface area contributed by atoms with Gasteiger partial charge in [0.15, 0.2) is 9.84 Å². The number of rotatable bonds is 3. The summed E-state index contributed by atoms with van der Waals surface area (Å²) in [5, 5.41) is 0. The van der Waals surface area contributed by atoms with E-state index >= 15 is 0 Å². The molecular weight excluding hydrogens is 438 g/mol. The van der Waals surface area contributed by atoms with Crippen molar-refractivity contribution >= 4 is 31.6 Å². The predicted octanol–water partition coefficient (Wildman–Crippen LogP) is 5.22. The molecule has 0 spiro atoms. The molecule has 0 saturated heterocycles. The molecule has 1 aromatic carbocycles. The van der Waals surface area contributed by atoms with Crippen LogP contribution in [0.2, 0.25) is 0 Å². The summed E-state index contributed by atoms with van der Waals surface area (Å²) in [5.74, 6) is 1.12. The smallest absolute Gasteiger partial charge is 0.218 e. The molecule has 8 heteroatoms. The van der Waals surface area contributed by atoms with Crippen molar-refractivity contribution in [2.24, 2.45) is 0 Å². The van der Waals surface area contributed by atoms with E-state index in [2.05, 4.69) is 51.1 Å². The van der Waals surface area contributed by atoms with Gasteiger partial charge in [-0.3, -0.25) is 0 Å². The zero-order chi connectivity index (χ0) is 24.6. The molecule has 0 bridgehead atoms. The SMILES string of the molecule is CC(C)(C)S(C)(=O)=O.CC(C)(C)SCc1ccccc1.CN(C)S(=O)(=O)C(C)(C)C. The van der Waals surface area contributed by atoms with Gasteiger partial charge in [0.2, 0.25) is 10.0 Å². The molecule has 0 aliphatic carbocycles. The Morgan fingerprint density at radius 1 is 0.767 bits per heavy atom. The zero-order valence-electron chi connectivity index (χ0n) is 20.9. The van der Waals surface area contributed by atoms with Crippen LogP contribution in [0, 0.1) is 0 Å². The van der Waals surface area contributed by atoms with E-state index in [1.54, 1.807) is 55.6 Å². The number of sulfone groups is 1. The maximum atomic E-state index is 11.3. The van der Waals surface area contributed by atoms with Crippen LogP contribution in [0.25, 0.3) is 0 Å². The molecule has 0 aliphatic heterocycles. The van der Waals surface area contributed by atoms with Crippen LogP contribution in [0.4, 0.5) is 0 Å². The minimum atomic E-state index is -3.08. The summed E-state index contributed by atoms with van der Waals surface area (Å²) in [5.41, 5.74) is 1.41. The van der Waals surface area contributed by atoms with Crippen LogP contribution >= 0.6 is 11.8 Å². The monoisotopic (exact) mass is 481 g/mol. The van der Waals surface area contributed by atoms with Crippen LogP contribution in [0.15, 0.2) is 30.3 Å². The van der Waals surface area contributed by atoms with E-state index in [1.165, 1.54) is 16.1 Å². The van der Waals surface area contributed by atoms with Gasteiger partial charge in [0.05, 0.1) is 9.49 Å². The van der Waals surface area contributed by atoms with Crippen LogP contribution in [0.1, 0.15) is 67.9 Å². The molecule has 0 aliphatic rings. The number of sulfonamides is 1. The van der Waals surface area contributed by atoms with Crippen molar-refractivity contribution in [1.82, 2.24) is 4.31 Å². The second-order valence-corrected chi connectivity index (χ2v) is 17.6. The van der Waals surface area contributed by atoms with E-state index < -0.39 is 29.4 Å². The highest BCUT2D eigenvalue weighted by Gasteiger charge is 2.30. The zero-order valence-corrected chi connectivity index (χ0v) is 23.3. The van der Waals surface area contributed by atoms with Crippen LogP contribution < -0.4 is 0 Å². The van der Waals surface area contributed by atoms with Crippen molar-refractivity contribution in [3.05, 3.63) is 35.9 Å². The number of benzene rings is 1. The number of thioether (sulfide) groups is 1. The normalized spacial score (nSPS) is 13.1. The van der Waals surface area contributed by atoms with Gasteiger partial charge >= 0.3 is 0 Å². The van der Waals surface area contributed by atoms with Crippen LogP contribution in [-0.2, 0) is 25.6 Å². The second kappa shape index (κ2) is 11.9. The summed E-state index contributed by atoms with van der Waals surface area (Å²) in [7, 11) is -2.84. The largest absolute Gasteiger partial charge is 0.229 e. The van der Waals surface area contributed by atoms with Crippen molar-refractivity contribution < 1.29 is 16.8 Å². The highest BCUT2D eigenvalue weighted by Crippen LogP contribution is 2.26. The molecule has 1 aromatic rings. The van der Waals surface area contributed by atoms with Gasteiger partial charge in [0, 0.05) is 30.9 Å². The van der Waals surface area contributed by atoms with Crippen LogP contribution in [-0.4, -0.2) is 55.7 Å². The lowest BCUT2D eigenvalue weighted by Crippen LogP contribution is -2.38. The lowest BCUT2D eigenvalue weighted by Gasteiger charge is -2.23. The van der Waals surface area contributed by atoms with E-state index in [4.69, 9.17) is 0 Å². The third kappa shape index (κ3) is 13.7. The number of hydrogen-bond donors (Lipinski definition) is 0. The molecule has 0 radical (unpaired) electrons. The highest BCUT2D eigenvalue weighted by molar-refractivity contribution is 7.99. The molecule has 0 amide bonds. The summed E-state index contributed by atoms with van der Waals surface area (Å²) in [6, 6.07) is 10.6. The third-order valence-electron chi connectivity index (χ3n) is 3.88. The first-order valence-electron chi connectivity index (χ1n) is 9.82. The highest BCUT2D eigenvalue weighted by atomic mass is 32.2. The Balaban J connectivity index is 0. The standard InChI is InChI=1S/C11H16S.C6H15NO2S.C5H12O2S/c1-11(2,3)12-9-10-7-5-4-6-8-10;1-6(2,3)10(8,9)7(4)5;1-5(2,3)8(4,6)7/h4-8H,9H2,1-3H3;1-5H3;1-4H3. The van der Waals surface area contributed by atoms with E-state index in [1.807, 2.05) is 11.8 Å². The Labute approximate surface area is 191 Å². The van der Waals surface area contributed by atoms with E-state index in [-0.39, 0.29) is 0 Å². The molecule has 0 heterocycles. The van der Waals surface area contributed by atoms with Gasteiger partial charge < -0.3 is 0 Å². The van der Waals surface area contributed by atoms with Gasteiger partial charge in [0.25, 0.3) is 0 Å². The molecule has 0 fully saturated rings. The van der Waals surface area contributed by atoms with Gasteiger partial charge in [-0.05, 0) is 47.1 Å². The number of hydrogen-bond acceptors (Lipinski definition) is 5. The van der Waals surface area contributed by atoms with Crippen molar-refractivity contribution in [2.45, 2.75) is 82.3 Å². The molecule has 30 heavy (non-hydrogen) atoms. The Kier molecular flexibility index (Phi) is 12.5. The fraction of sp³-hybridized carbons (Fsp3) is 0.727. The van der Waals surface area contributed by atoms with Gasteiger partial charge in [-0.1, -0.05) is 51.1 Å². The Hall–Kier alpha value is -0.570. The lowest BCUT2D eigenvalue weighted by atomic mass is 10.2. The average molecular weight is 482 g/mol. The van der Waals surface area contributed by atoms with Crippen LogP contribution in [0.5, 0.6) is 0 Å². The first-order chi connectivity index (χ1) is 13.0. The fourth-order valence-corrected chi connectivity index (χ4v) is 3.31. The summed E-state index contributed by atoms with van der Waals surface area (Å²) in [6.07, 6.45) is 1.24. The summed E-state index contributed by atoms with van der Waals surface area (Å²) in [4.78, 5) is 0. The molecule has 0 unspecified atom stereocenters. The molecule has 0 saturated carbocycles. The molecule has 5 nitrogen and oxygen atoms in total. The number of nitrogens with zero attached hydrogens (tertiary/aromatic N) is 1. The molecular formula is C22H43NO4S3.